The second kappa shape index (κ2) is 6.30. The molecule has 6 nitrogen and oxygen atoms in total. The Kier molecular flexibility index (Phi) is 3.98. The van der Waals surface area contributed by atoms with Gasteiger partial charge in [-0.05, 0) is 23.6 Å². The fourth-order valence-corrected chi connectivity index (χ4v) is 3.85. The maximum atomic E-state index is 12.0. The van der Waals surface area contributed by atoms with E-state index in [1.54, 1.807) is 19.2 Å². The number of oxazole rings is 1. The Balaban J connectivity index is 1.53. The first-order valence-electron chi connectivity index (χ1n) is 7.48. The molecule has 0 unspecified atom stereocenters. The lowest BCUT2D eigenvalue weighted by molar-refractivity contribution is 0.0955. The van der Waals surface area contributed by atoms with E-state index >= 15 is 0 Å². The smallest absolute Gasteiger partial charge is 0.408 e. The molecule has 8 heteroatoms. The summed E-state index contributed by atoms with van der Waals surface area (Å²) < 4.78 is 6.68. The van der Waals surface area contributed by atoms with Gasteiger partial charge in [-0.3, -0.25) is 9.36 Å². The molecule has 1 N–H and O–H groups in total. The SMILES string of the molecule is Cn1c(=O)oc2cc(-c3csc(CNC(=O)c4cccs4)n3)ccc21. The lowest BCUT2D eigenvalue weighted by atomic mass is 10.1. The summed E-state index contributed by atoms with van der Waals surface area (Å²) in [6.07, 6.45) is 0. The van der Waals surface area contributed by atoms with Gasteiger partial charge in [0.2, 0.25) is 0 Å². The average molecular weight is 371 g/mol. The number of amides is 1. The molecule has 25 heavy (non-hydrogen) atoms. The highest BCUT2D eigenvalue weighted by molar-refractivity contribution is 7.12. The van der Waals surface area contributed by atoms with Crippen LogP contribution in [-0.2, 0) is 13.6 Å². The molecule has 1 aromatic carbocycles. The summed E-state index contributed by atoms with van der Waals surface area (Å²) in [6, 6.07) is 9.18. The van der Waals surface area contributed by atoms with Crippen molar-refractivity contribution in [1.82, 2.24) is 14.9 Å². The molecule has 0 saturated heterocycles. The van der Waals surface area contributed by atoms with Gasteiger partial charge in [0.1, 0.15) is 5.01 Å². The number of thiophene rings is 1. The van der Waals surface area contributed by atoms with Crippen molar-refractivity contribution >= 4 is 39.7 Å². The fraction of sp³-hybridized carbons (Fsp3) is 0.118. The van der Waals surface area contributed by atoms with Crippen molar-refractivity contribution in [3.63, 3.8) is 0 Å². The Morgan fingerprint density at radius 1 is 1.32 bits per heavy atom. The first kappa shape index (κ1) is 15.8. The van der Waals surface area contributed by atoms with Crippen molar-refractivity contribution < 1.29 is 9.21 Å². The standard InChI is InChI=1S/C17H13N3O3S2/c1-20-12-5-4-10(7-13(12)23-17(20)22)11-9-25-15(19-11)8-18-16(21)14-3-2-6-24-14/h2-7,9H,8H2,1H3,(H,18,21). The van der Waals surface area contributed by atoms with Gasteiger partial charge in [-0.1, -0.05) is 12.1 Å². The van der Waals surface area contributed by atoms with Crippen molar-refractivity contribution in [3.8, 4) is 11.3 Å². The number of hydrogen-bond acceptors (Lipinski definition) is 6. The van der Waals surface area contributed by atoms with E-state index in [9.17, 15) is 9.59 Å². The van der Waals surface area contributed by atoms with Gasteiger partial charge in [-0.25, -0.2) is 9.78 Å². The maximum Gasteiger partial charge on any atom is 0.419 e. The largest absolute Gasteiger partial charge is 0.419 e. The molecule has 3 heterocycles. The number of thiazole rings is 1. The molecule has 126 valence electrons. The predicted molar refractivity (Wildman–Crippen MR) is 98.1 cm³/mol. The summed E-state index contributed by atoms with van der Waals surface area (Å²) in [5.74, 6) is -0.485. The molecule has 4 aromatic rings. The number of carbonyl (C=O) groups excluding carboxylic acids is 1. The molecule has 4 rings (SSSR count). The zero-order valence-electron chi connectivity index (χ0n) is 13.2. The number of nitrogens with one attached hydrogen (secondary N) is 1. The molecule has 1 amide bonds. The van der Waals surface area contributed by atoms with E-state index in [1.807, 2.05) is 29.0 Å². The monoisotopic (exact) mass is 371 g/mol. The van der Waals surface area contributed by atoms with Crippen LogP contribution in [0.2, 0.25) is 0 Å². The van der Waals surface area contributed by atoms with Crippen LogP contribution < -0.4 is 11.1 Å². The van der Waals surface area contributed by atoms with Gasteiger partial charge >= 0.3 is 5.76 Å². The van der Waals surface area contributed by atoms with Crippen molar-refractivity contribution in [2.24, 2.45) is 7.05 Å². The van der Waals surface area contributed by atoms with E-state index in [2.05, 4.69) is 10.3 Å². The number of fused-ring (bicyclic) bond motifs is 1. The minimum atomic E-state index is -0.387. The Hall–Kier alpha value is -2.71. The van der Waals surface area contributed by atoms with Gasteiger partial charge < -0.3 is 9.73 Å². The summed E-state index contributed by atoms with van der Waals surface area (Å²) in [4.78, 5) is 28.8. The Bertz CT molecular complexity index is 1110. The Labute approximate surface area is 150 Å². The molecular weight excluding hydrogens is 358 g/mol. The third-order valence-electron chi connectivity index (χ3n) is 3.78. The van der Waals surface area contributed by atoms with Crippen molar-refractivity contribution in [2.45, 2.75) is 6.54 Å². The minimum Gasteiger partial charge on any atom is -0.408 e. The van der Waals surface area contributed by atoms with Gasteiger partial charge in [-0.2, -0.15) is 0 Å². The molecule has 0 bridgehead atoms. The maximum absolute atomic E-state index is 12.0. The quantitative estimate of drug-likeness (QED) is 0.597. The van der Waals surface area contributed by atoms with E-state index < -0.39 is 0 Å². The first-order valence-corrected chi connectivity index (χ1v) is 9.24. The molecule has 0 aliphatic carbocycles. The van der Waals surface area contributed by atoms with Crippen molar-refractivity contribution in [2.75, 3.05) is 0 Å². The molecule has 0 aliphatic heterocycles. The fourth-order valence-electron chi connectivity index (χ4n) is 2.47. The van der Waals surface area contributed by atoms with Crippen molar-refractivity contribution in [1.29, 1.82) is 0 Å². The summed E-state index contributed by atoms with van der Waals surface area (Å²) in [5, 5.41) is 7.47. The second-order valence-electron chi connectivity index (χ2n) is 5.40. The van der Waals surface area contributed by atoms with Crippen LogP contribution in [-0.4, -0.2) is 15.5 Å². The van der Waals surface area contributed by atoms with Gasteiger partial charge in [0.05, 0.1) is 22.6 Å². The van der Waals surface area contributed by atoms with Crippen LogP contribution in [0.5, 0.6) is 0 Å². The Morgan fingerprint density at radius 2 is 2.20 bits per heavy atom. The summed E-state index contributed by atoms with van der Waals surface area (Å²) >= 11 is 2.88. The van der Waals surface area contributed by atoms with Gasteiger partial charge in [0, 0.05) is 18.0 Å². The van der Waals surface area contributed by atoms with Gasteiger partial charge in [0.15, 0.2) is 5.58 Å². The van der Waals surface area contributed by atoms with E-state index in [4.69, 9.17) is 4.42 Å². The normalized spacial score (nSPS) is 11.1. The van der Waals surface area contributed by atoms with Crippen LogP contribution in [0.4, 0.5) is 0 Å². The third kappa shape index (κ3) is 3.01. The lowest BCUT2D eigenvalue weighted by Gasteiger charge is -2.00. The number of nitrogens with zero attached hydrogens (tertiary/aromatic N) is 2. The molecule has 0 spiro atoms. The summed E-state index contributed by atoms with van der Waals surface area (Å²) in [5.41, 5.74) is 2.94. The summed E-state index contributed by atoms with van der Waals surface area (Å²) in [6.45, 7) is 0.379. The lowest BCUT2D eigenvalue weighted by Crippen LogP contribution is -2.21. The van der Waals surface area contributed by atoms with E-state index in [-0.39, 0.29) is 11.7 Å². The van der Waals surface area contributed by atoms with Crippen LogP contribution in [0, 0.1) is 0 Å². The van der Waals surface area contributed by atoms with Crippen LogP contribution in [0.3, 0.4) is 0 Å². The average Bonchev–Trinajstić information content (AvgIpc) is 3.34. The molecule has 3 aromatic heterocycles. The molecule has 0 saturated carbocycles. The zero-order chi connectivity index (χ0) is 17.4. The van der Waals surface area contributed by atoms with Crippen LogP contribution in [0.1, 0.15) is 14.7 Å². The van der Waals surface area contributed by atoms with Gasteiger partial charge in [-0.15, -0.1) is 22.7 Å². The minimum absolute atomic E-state index is 0.0979. The van der Waals surface area contributed by atoms with E-state index in [1.165, 1.54) is 27.2 Å². The first-order chi connectivity index (χ1) is 12.1. The highest BCUT2D eigenvalue weighted by atomic mass is 32.1. The summed E-state index contributed by atoms with van der Waals surface area (Å²) in [7, 11) is 1.67. The highest BCUT2D eigenvalue weighted by Gasteiger charge is 2.11. The van der Waals surface area contributed by atoms with Crippen LogP contribution >= 0.6 is 22.7 Å². The highest BCUT2D eigenvalue weighted by Crippen LogP contribution is 2.25. The number of rotatable bonds is 4. The molecule has 0 atom stereocenters. The zero-order valence-corrected chi connectivity index (χ0v) is 14.8. The second-order valence-corrected chi connectivity index (χ2v) is 7.29. The van der Waals surface area contributed by atoms with Crippen molar-refractivity contribution in [3.05, 3.63) is 61.5 Å². The molecule has 0 aliphatic rings. The molecular formula is C17H13N3O3S2. The number of hydrogen-bond donors (Lipinski definition) is 1. The number of carbonyl (C=O) groups is 1. The van der Waals surface area contributed by atoms with Crippen LogP contribution in [0.15, 0.2) is 50.3 Å². The predicted octanol–water partition coefficient (Wildman–Crippen LogP) is 3.25. The number of benzene rings is 1. The molecule has 0 fully saturated rings. The number of aromatic nitrogens is 2. The van der Waals surface area contributed by atoms with E-state index in [0.29, 0.717) is 17.0 Å². The number of aryl methyl sites for hydroxylation is 1. The third-order valence-corrected chi connectivity index (χ3v) is 5.50. The Morgan fingerprint density at radius 3 is 3.00 bits per heavy atom. The molecule has 0 radical (unpaired) electrons. The van der Waals surface area contributed by atoms with E-state index in [0.717, 1.165) is 21.8 Å². The van der Waals surface area contributed by atoms with Gasteiger partial charge in [0.25, 0.3) is 5.91 Å². The topological polar surface area (TPSA) is 77.1 Å². The van der Waals surface area contributed by atoms with Crippen LogP contribution in [0.25, 0.3) is 22.4 Å².